The Bertz CT molecular complexity index is 721. The first-order chi connectivity index (χ1) is 14.6. The predicted molar refractivity (Wildman–Crippen MR) is 124 cm³/mol. The number of cyclic esters (lactones) is 1. The zero-order valence-corrected chi connectivity index (χ0v) is 21.9. The second-order valence-corrected chi connectivity index (χ2v) is 21.8. The second kappa shape index (κ2) is 11.4. The summed E-state index contributed by atoms with van der Waals surface area (Å²) in [7, 11) is 0. The van der Waals surface area contributed by atoms with Crippen molar-refractivity contribution in [2.45, 2.75) is 79.0 Å². The molecule has 4 nitrogen and oxygen atoms in total. The first-order valence-corrected chi connectivity index (χ1v) is 19.6. The summed E-state index contributed by atoms with van der Waals surface area (Å²) in [5.74, 6) is 1.72. The Hall–Kier alpha value is -1.17. The number of hydrogen-bond donors (Lipinski definition) is 0. The van der Waals surface area contributed by atoms with Crippen molar-refractivity contribution in [2.24, 2.45) is 5.92 Å². The van der Waals surface area contributed by atoms with Crippen LogP contribution >= 0.6 is 0 Å². The summed E-state index contributed by atoms with van der Waals surface area (Å²) in [6.07, 6.45) is 8.45. The van der Waals surface area contributed by atoms with Crippen LogP contribution < -0.4 is 9.47 Å². The Kier molecular flexibility index (Phi) is 8.96. The molecule has 166 valence electrons. The van der Waals surface area contributed by atoms with Crippen LogP contribution in [0.3, 0.4) is 0 Å². The van der Waals surface area contributed by atoms with Crippen molar-refractivity contribution in [2.75, 3.05) is 13.4 Å². The van der Waals surface area contributed by atoms with E-state index in [4.69, 9.17) is 14.2 Å². The van der Waals surface area contributed by atoms with Crippen molar-refractivity contribution in [1.82, 2.24) is 0 Å². The van der Waals surface area contributed by atoms with Crippen LogP contribution in [0.5, 0.6) is 11.5 Å². The van der Waals surface area contributed by atoms with Crippen LogP contribution in [0.2, 0.25) is 13.3 Å². The number of unbranched alkanes of at least 4 members (excludes halogenated alkanes) is 3. The summed E-state index contributed by atoms with van der Waals surface area (Å²) in [4.78, 5) is 12.8. The van der Waals surface area contributed by atoms with Crippen LogP contribution in [-0.2, 0) is 16.0 Å². The van der Waals surface area contributed by atoms with Crippen molar-refractivity contribution < 1.29 is 19.0 Å². The van der Waals surface area contributed by atoms with E-state index in [1.54, 1.807) is 0 Å². The molecule has 5 heteroatoms. The zero-order valence-electron chi connectivity index (χ0n) is 19.0. The third-order valence-electron chi connectivity index (χ3n) is 6.56. The van der Waals surface area contributed by atoms with Crippen LogP contribution in [0.1, 0.15) is 64.9 Å². The Morgan fingerprint density at radius 2 is 1.57 bits per heavy atom. The number of esters is 1. The van der Waals surface area contributed by atoms with Gasteiger partial charge in [-0.25, -0.2) is 0 Å². The van der Waals surface area contributed by atoms with Gasteiger partial charge in [0.05, 0.1) is 0 Å². The molecule has 1 aromatic rings. The van der Waals surface area contributed by atoms with E-state index in [9.17, 15) is 4.79 Å². The summed E-state index contributed by atoms with van der Waals surface area (Å²) in [6, 6.07) is 6.13. The minimum absolute atomic E-state index is 0.0636. The summed E-state index contributed by atoms with van der Waals surface area (Å²) in [5, 5.41) is 0. The molecule has 3 rings (SSSR count). The van der Waals surface area contributed by atoms with Gasteiger partial charge >= 0.3 is 187 Å². The molecule has 0 spiro atoms. The molecule has 1 atom stereocenters. The SMILES string of the molecule is CCC[CH2][Sn](/[CH]=C1\C(=O)OCC1Cc1ccc2c(c1)OCO2)([CH2]CCC)[CH2]CCC. The van der Waals surface area contributed by atoms with Gasteiger partial charge in [0.2, 0.25) is 0 Å². The van der Waals surface area contributed by atoms with E-state index in [1.807, 2.05) is 6.07 Å². The Balaban J connectivity index is 1.84. The van der Waals surface area contributed by atoms with Gasteiger partial charge in [0.25, 0.3) is 0 Å². The van der Waals surface area contributed by atoms with Crippen molar-refractivity contribution >= 4 is 24.3 Å². The summed E-state index contributed by atoms with van der Waals surface area (Å²) in [5.41, 5.74) is 2.18. The Morgan fingerprint density at radius 3 is 2.20 bits per heavy atom. The van der Waals surface area contributed by atoms with E-state index in [0.717, 1.165) is 23.5 Å². The number of carbonyl (C=O) groups excluding carboxylic acids is 1. The maximum atomic E-state index is 12.8. The Morgan fingerprint density at radius 1 is 0.933 bits per heavy atom. The summed E-state index contributed by atoms with van der Waals surface area (Å²) >= 11 is -2.55. The molecule has 1 saturated heterocycles. The first kappa shape index (κ1) is 23.5. The molecule has 0 N–H and O–H groups in total. The quantitative estimate of drug-likeness (QED) is 0.180. The fourth-order valence-corrected chi connectivity index (χ4v) is 20.0. The molecule has 1 fully saturated rings. The van der Waals surface area contributed by atoms with Crippen LogP contribution in [0.15, 0.2) is 27.9 Å². The van der Waals surface area contributed by atoms with Crippen molar-refractivity contribution in [1.29, 1.82) is 0 Å². The molecular formula is C25H38O4Sn. The van der Waals surface area contributed by atoms with Crippen LogP contribution in [-0.4, -0.2) is 37.7 Å². The molecule has 0 saturated carbocycles. The topological polar surface area (TPSA) is 44.8 Å². The molecular weight excluding hydrogens is 483 g/mol. The third-order valence-corrected chi connectivity index (χ3v) is 20.7. The fourth-order valence-electron chi connectivity index (χ4n) is 4.72. The molecule has 0 amide bonds. The normalized spacial score (nSPS) is 19.5. The number of rotatable bonds is 12. The monoisotopic (exact) mass is 522 g/mol. The van der Waals surface area contributed by atoms with Crippen molar-refractivity contribution in [3.63, 3.8) is 0 Å². The van der Waals surface area contributed by atoms with Gasteiger partial charge in [0, 0.05) is 0 Å². The van der Waals surface area contributed by atoms with E-state index in [2.05, 4.69) is 37.0 Å². The van der Waals surface area contributed by atoms with Gasteiger partial charge in [-0.05, 0) is 0 Å². The maximum absolute atomic E-state index is 12.8. The molecule has 30 heavy (non-hydrogen) atoms. The van der Waals surface area contributed by atoms with E-state index >= 15 is 0 Å². The molecule has 0 radical (unpaired) electrons. The molecule has 0 bridgehead atoms. The molecule has 2 heterocycles. The van der Waals surface area contributed by atoms with Gasteiger partial charge in [0.1, 0.15) is 0 Å². The predicted octanol–water partition coefficient (Wildman–Crippen LogP) is 6.45. The molecule has 1 aromatic carbocycles. The van der Waals surface area contributed by atoms with E-state index in [0.29, 0.717) is 6.61 Å². The van der Waals surface area contributed by atoms with Crippen LogP contribution in [0.25, 0.3) is 0 Å². The number of fused-ring (bicyclic) bond motifs is 1. The summed E-state index contributed by atoms with van der Waals surface area (Å²) < 4.78 is 23.2. The van der Waals surface area contributed by atoms with Gasteiger partial charge in [0.15, 0.2) is 0 Å². The molecule has 0 aliphatic carbocycles. The van der Waals surface area contributed by atoms with E-state index < -0.39 is 18.4 Å². The van der Waals surface area contributed by atoms with Gasteiger partial charge in [-0.3, -0.25) is 0 Å². The van der Waals surface area contributed by atoms with Crippen molar-refractivity contribution in [3.8, 4) is 11.5 Å². The van der Waals surface area contributed by atoms with Gasteiger partial charge in [-0.15, -0.1) is 0 Å². The molecule has 2 aliphatic rings. The van der Waals surface area contributed by atoms with Gasteiger partial charge in [-0.2, -0.15) is 0 Å². The van der Waals surface area contributed by atoms with Crippen LogP contribution in [0.4, 0.5) is 0 Å². The average molecular weight is 521 g/mol. The van der Waals surface area contributed by atoms with Crippen LogP contribution in [0, 0.1) is 5.92 Å². The molecule has 2 aliphatic heterocycles. The summed E-state index contributed by atoms with van der Waals surface area (Å²) in [6.45, 7) is 7.66. The number of ether oxygens (including phenoxy) is 3. The van der Waals surface area contributed by atoms with Gasteiger partial charge < -0.3 is 0 Å². The molecule has 0 aromatic heterocycles. The van der Waals surface area contributed by atoms with Crippen molar-refractivity contribution in [3.05, 3.63) is 33.4 Å². The minimum atomic E-state index is -2.55. The Labute approximate surface area is 186 Å². The average Bonchev–Trinajstić information content (AvgIpc) is 3.36. The standard InChI is InChI=1S/C13H11O4.3C4H9.Sn/c1-8-10(6-15-13(8)14)4-9-2-3-11-12(5-9)17-7-16-11;3*1-3-4-2;/h1-3,5,10H,4,6-7H2;3*1,3-4H2,2H3;. The first-order valence-electron chi connectivity index (χ1n) is 11.9. The second-order valence-electron chi connectivity index (χ2n) is 8.96. The number of carbonyl (C=O) groups is 1. The fraction of sp³-hybridized carbons (Fsp3) is 0.640. The number of benzene rings is 1. The molecule has 1 unspecified atom stereocenters. The van der Waals surface area contributed by atoms with E-state index in [-0.39, 0.29) is 18.7 Å². The van der Waals surface area contributed by atoms with Gasteiger partial charge in [-0.1, -0.05) is 0 Å². The number of hydrogen-bond acceptors (Lipinski definition) is 4. The van der Waals surface area contributed by atoms with E-state index in [1.165, 1.54) is 57.4 Å². The third kappa shape index (κ3) is 5.95. The zero-order chi connectivity index (χ0) is 21.4.